The molecule has 140 valence electrons. The lowest BCUT2D eigenvalue weighted by molar-refractivity contribution is -0.153. The molecule has 5 nitrogen and oxygen atoms in total. The summed E-state index contributed by atoms with van der Waals surface area (Å²) >= 11 is 0. The van der Waals surface area contributed by atoms with E-state index in [1.807, 2.05) is 6.08 Å². The predicted molar refractivity (Wildman–Crippen MR) is 91.7 cm³/mol. The molecule has 6 atom stereocenters. The number of aliphatic hydroxyl groups is 2. The predicted octanol–water partition coefficient (Wildman–Crippen LogP) is 2.20. The molecule has 2 heterocycles. The molecular weight excluding hydrogens is 320 g/mol. The third-order valence-electron chi connectivity index (χ3n) is 7.85. The average molecular weight is 350 g/mol. The number of cyclic esters (lactones) is 1. The van der Waals surface area contributed by atoms with Gasteiger partial charge < -0.3 is 19.7 Å². The first-order chi connectivity index (χ1) is 11.7. The van der Waals surface area contributed by atoms with Gasteiger partial charge in [-0.05, 0) is 54.8 Å². The third kappa shape index (κ3) is 2.50. The lowest BCUT2D eigenvalue weighted by atomic mass is 9.45. The van der Waals surface area contributed by atoms with Crippen molar-refractivity contribution in [2.45, 2.75) is 70.7 Å². The zero-order valence-electron chi connectivity index (χ0n) is 15.5. The summed E-state index contributed by atoms with van der Waals surface area (Å²) in [5.74, 6) is 0.344. The number of carbonyl (C=O) groups is 1. The minimum Gasteiger partial charge on any atom is -0.459 e. The largest absolute Gasteiger partial charge is 0.459 e. The van der Waals surface area contributed by atoms with Crippen LogP contribution in [0.4, 0.5) is 0 Å². The van der Waals surface area contributed by atoms with E-state index in [1.165, 1.54) is 0 Å². The summed E-state index contributed by atoms with van der Waals surface area (Å²) in [4.78, 5) is 11.8. The molecule has 2 N–H and O–H groups in total. The van der Waals surface area contributed by atoms with Crippen molar-refractivity contribution in [3.05, 3.63) is 11.6 Å². The van der Waals surface area contributed by atoms with Crippen LogP contribution in [0.25, 0.3) is 0 Å². The second-order valence-electron chi connectivity index (χ2n) is 9.39. The molecule has 2 aliphatic heterocycles. The van der Waals surface area contributed by atoms with E-state index in [2.05, 4.69) is 20.8 Å². The number of aliphatic hydroxyl groups excluding tert-OH is 2. The lowest BCUT2D eigenvalue weighted by Gasteiger charge is -2.60. The zero-order valence-corrected chi connectivity index (χ0v) is 15.5. The van der Waals surface area contributed by atoms with Crippen LogP contribution in [0.5, 0.6) is 0 Å². The zero-order chi connectivity index (χ0) is 18.0. The highest BCUT2D eigenvalue weighted by molar-refractivity contribution is 5.91. The molecule has 0 bridgehead atoms. The average Bonchev–Trinajstić information content (AvgIpc) is 3.24. The Hall–Kier alpha value is -0.910. The van der Waals surface area contributed by atoms with Crippen molar-refractivity contribution in [2.75, 3.05) is 13.2 Å². The molecule has 2 saturated heterocycles. The Balaban J connectivity index is 1.65. The van der Waals surface area contributed by atoms with Crippen molar-refractivity contribution in [2.24, 2.45) is 22.7 Å². The second-order valence-corrected chi connectivity index (χ2v) is 9.39. The van der Waals surface area contributed by atoms with Crippen molar-refractivity contribution < 1.29 is 24.5 Å². The molecule has 2 saturated carbocycles. The maximum absolute atomic E-state index is 11.8. The highest BCUT2D eigenvalue weighted by Crippen LogP contribution is 2.66. The highest BCUT2D eigenvalue weighted by atomic mass is 16.6. The van der Waals surface area contributed by atoms with Gasteiger partial charge in [-0.15, -0.1) is 0 Å². The van der Waals surface area contributed by atoms with Crippen LogP contribution < -0.4 is 0 Å². The van der Waals surface area contributed by atoms with E-state index in [1.54, 1.807) is 0 Å². The number of carbonyl (C=O) groups excluding carboxylic acids is 1. The monoisotopic (exact) mass is 350 g/mol. The van der Waals surface area contributed by atoms with Gasteiger partial charge in [-0.3, -0.25) is 0 Å². The van der Waals surface area contributed by atoms with Crippen LogP contribution in [0.15, 0.2) is 11.6 Å². The Kier molecular flexibility index (Phi) is 3.88. The molecule has 0 aromatic rings. The number of epoxide rings is 1. The lowest BCUT2D eigenvalue weighted by Crippen LogP contribution is -2.58. The van der Waals surface area contributed by atoms with E-state index in [0.29, 0.717) is 17.4 Å². The van der Waals surface area contributed by atoms with E-state index >= 15 is 0 Å². The molecule has 0 radical (unpaired) electrons. The van der Waals surface area contributed by atoms with Crippen LogP contribution in [0, 0.1) is 22.7 Å². The summed E-state index contributed by atoms with van der Waals surface area (Å²) in [6, 6.07) is 0. The van der Waals surface area contributed by atoms with Crippen LogP contribution >= 0.6 is 0 Å². The van der Waals surface area contributed by atoms with Gasteiger partial charge in [0.05, 0.1) is 23.9 Å². The first kappa shape index (κ1) is 17.5. The van der Waals surface area contributed by atoms with Gasteiger partial charge in [0, 0.05) is 0 Å². The number of allylic oxidation sites excluding steroid dienone is 1. The molecule has 4 aliphatic rings. The molecule has 0 aromatic heterocycles. The van der Waals surface area contributed by atoms with E-state index < -0.39 is 12.1 Å². The van der Waals surface area contributed by atoms with Crippen LogP contribution in [-0.2, 0) is 14.3 Å². The first-order valence-corrected chi connectivity index (χ1v) is 9.58. The fourth-order valence-electron chi connectivity index (χ4n) is 6.21. The molecule has 1 spiro atoms. The fraction of sp³-hybridized carbons (Fsp3) is 0.850. The number of hydrogen-bond donors (Lipinski definition) is 2. The second kappa shape index (κ2) is 5.54. The minimum atomic E-state index is -0.805. The van der Waals surface area contributed by atoms with Gasteiger partial charge in [-0.2, -0.15) is 0 Å². The molecule has 2 aliphatic carbocycles. The Labute approximate surface area is 149 Å². The van der Waals surface area contributed by atoms with E-state index in [-0.39, 0.29) is 29.1 Å². The summed E-state index contributed by atoms with van der Waals surface area (Å²) in [5, 5.41) is 20.5. The molecule has 0 aromatic carbocycles. The first-order valence-electron chi connectivity index (χ1n) is 9.58. The quantitative estimate of drug-likeness (QED) is 0.453. The maximum Gasteiger partial charge on any atom is 0.336 e. The van der Waals surface area contributed by atoms with Crippen LogP contribution in [0.2, 0.25) is 0 Å². The summed E-state index contributed by atoms with van der Waals surface area (Å²) in [6.07, 6.45) is 5.44. The molecule has 0 unspecified atom stereocenters. The van der Waals surface area contributed by atoms with Crippen molar-refractivity contribution in [3.63, 3.8) is 0 Å². The SMILES string of the molecule is CC1(C)[C@@H](O)CC[C@@]2(C)[C@H]1CC[C@@]1(CO1)[C@@H]2C/C=C1/C(=O)OC[C@H]1O. The summed E-state index contributed by atoms with van der Waals surface area (Å²) in [5.41, 5.74) is 0.285. The summed E-state index contributed by atoms with van der Waals surface area (Å²) in [6.45, 7) is 7.59. The highest BCUT2D eigenvalue weighted by Gasteiger charge is 2.66. The summed E-state index contributed by atoms with van der Waals surface area (Å²) in [7, 11) is 0. The summed E-state index contributed by atoms with van der Waals surface area (Å²) < 4.78 is 10.9. The van der Waals surface area contributed by atoms with E-state index in [4.69, 9.17) is 9.47 Å². The molecule has 0 amide bonds. The van der Waals surface area contributed by atoms with Crippen LogP contribution in [0.1, 0.15) is 52.9 Å². The van der Waals surface area contributed by atoms with Gasteiger partial charge in [-0.1, -0.05) is 26.8 Å². The van der Waals surface area contributed by atoms with E-state index in [9.17, 15) is 15.0 Å². The van der Waals surface area contributed by atoms with Gasteiger partial charge in [0.25, 0.3) is 0 Å². The normalized spacial score (nSPS) is 50.0. The molecule has 4 fully saturated rings. The van der Waals surface area contributed by atoms with Gasteiger partial charge in [-0.25, -0.2) is 4.79 Å². The van der Waals surface area contributed by atoms with Gasteiger partial charge in [0.15, 0.2) is 0 Å². The fourth-order valence-corrected chi connectivity index (χ4v) is 6.21. The Morgan fingerprint density at radius 2 is 1.92 bits per heavy atom. The van der Waals surface area contributed by atoms with Crippen LogP contribution in [-0.4, -0.2) is 47.2 Å². The Bertz CT molecular complexity index is 605. The van der Waals surface area contributed by atoms with Gasteiger partial charge >= 0.3 is 5.97 Å². The van der Waals surface area contributed by atoms with Gasteiger partial charge in [0.1, 0.15) is 12.7 Å². The van der Waals surface area contributed by atoms with Crippen molar-refractivity contribution >= 4 is 5.97 Å². The van der Waals surface area contributed by atoms with Gasteiger partial charge in [0.2, 0.25) is 0 Å². The van der Waals surface area contributed by atoms with Crippen molar-refractivity contribution in [3.8, 4) is 0 Å². The number of esters is 1. The smallest absolute Gasteiger partial charge is 0.336 e. The standard InChI is InChI=1S/C20H30O5/c1-18(2)14-6-9-20(11-25-20)15(19(14,3)8-7-16(18)22)5-4-12-13(21)10-24-17(12)23/h4,13-16,21-22H,5-11H2,1-3H3/b12-4+/t13-,14+,15-,16+,19+,20-/m1/s1. The van der Waals surface area contributed by atoms with E-state index in [0.717, 1.165) is 38.7 Å². The molecule has 5 heteroatoms. The maximum atomic E-state index is 11.8. The molecule has 25 heavy (non-hydrogen) atoms. The number of fused-ring (bicyclic) bond motifs is 1. The van der Waals surface area contributed by atoms with Crippen LogP contribution in [0.3, 0.4) is 0 Å². The topological polar surface area (TPSA) is 79.3 Å². The molecule has 4 rings (SSSR count). The third-order valence-corrected chi connectivity index (χ3v) is 7.85. The van der Waals surface area contributed by atoms with Crippen molar-refractivity contribution in [1.29, 1.82) is 0 Å². The van der Waals surface area contributed by atoms with Crippen molar-refractivity contribution in [1.82, 2.24) is 0 Å². The number of ether oxygens (including phenoxy) is 2. The Morgan fingerprint density at radius 3 is 2.52 bits per heavy atom. The molecular formula is C20H30O5. The Morgan fingerprint density at radius 1 is 1.20 bits per heavy atom. The number of hydrogen-bond acceptors (Lipinski definition) is 5. The minimum absolute atomic E-state index is 0.0656. The number of rotatable bonds is 2.